The van der Waals surface area contributed by atoms with Crippen molar-refractivity contribution in [3.63, 3.8) is 0 Å². The lowest BCUT2D eigenvalue weighted by atomic mass is 10.1. The number of rotatable bonds is 8. The maximum Gasteiger partial charge on any atom is 0.254 e. The summed E-state index contributed by atoms with van der Waals surface area (Å²) in [5.74, 6) is 1.51. The van der Waals surface area contributed by atoms with Crippen LogP contribution in [0.5, 0.6) is 11.5 Å². The van der Waals surface area contributed by atoms with Crippen molar-refractivity contribution in [1.82, 2.24) is 9.88 Å². The molecule has 3 rings (SSSR count). The predicted octanol–water partition coefficient (Wildman–Crippen LogP) is 5.40. The van der Waals surface area contributed by atoms with Gasteiger partial charge in [0, 0.05) is 17.0 Å². The first-order valence-corrected chi connectivity index (χ1v) is 10.8. The summed E-state index contributed by atoms with van der Waals surface area (Å²) in [6.45, 7) is 9.02. The number of thiazole rings is 1. The standard InChI is InChI=1S/C24H28N2O3S/c1-16(2)26(24(27)19-9-7-10-21(12-19)28-5)13-20-15-30-23(25-20)14-29-22-11-6-8-17(3)18(22)4/h6-12,15-16H,13-14H2,1-5H3. The van der Waals surface area contributed by atoms with Crippen molar-refractivity contribution < 1.29 is 14.3 Å². The van der Waals surface area contributed by atoms with Crippen molar-refractivity contribution in [2.45, 2.75) is 46.9 Å². The van der Waals surface area contributed by atoms with Crippen molar-refractivity contribution in [2.75, 3.05) is 7.11 Å². The second-order valence-corrected chi connectivity index (χ2v) is 8.42. The zero-order chi connectivity index (χ0) is 21.7. The Morgan fingerprint density at radius 3 is 2.67 bits per heavy atom. The molecule has 0 aliphatic carbocycles. The summed E-state index contributed by atoms with van der Waals surface area (Å²) in [4.78, 5) is 19.6. The number of nitrogens with zero attached hydrogens (tertiary/aromatic N) is 2. The third-order valence-corrected chi connectivity index (χ3v) is 5.91. The molecule has 0 N–H and O–H groups in total. The van der Waals surface area contributed by atoms with Crippen LogP contribution in [0.15, 0.2) is 47.8 Å². The van der Waals surface area contributed by atoms with E-state index in [0.29, 0.717) is 24.5 Å². The lowest BCUT2D eigenvalue weighted by molar-refractivity contribution is 0.0687. The fourth-order valence-corrected chi connectivity index (χ4v) is 3.79. The minimum atomic E-state index is -0.0370. The van der Waals surface area contributed by atoms with Gasteiger partial charge >= 0.3 is 0 Å². The first-order chi connectivity index (χ1) is 14.4. The molecule has 158 valence electrons. The number of carbonyl (C=O) groups is 1. The molecule has 2 aromatic carbocycles. The normalized spacial score (nSPS) is 10.9. The average Bonchev–Trinajstić information content (AvgIpc) is 3.20. The van der Waals surface area contributed by atoms with Crippen LogP contribution in [0.1, 0.15) is 46.0 Å². The van der Waals surface area contributed by atoms with Crippen LogP contribution < -0.4 is 9.47 Å². The van der Waals surface area contributed by atoms with E-state index in [1.807, 2.05) is 54.5 Å². The first kappa shape index (κ1) is 21.8. The maximum atomic E-state index is 13.1. The highest BCUT2D eigenvalue weighted by Gasteiger charge is 2.21. The summed E-state index contributed by atoms with van der Waals surface area (Å²) in [5.41, 5.74) is 3.82. The van der Waals surface area contributed by atoms with E-state index in [9.17, 15) is 4.79 Å². The van der Waals surface area contributed by atoms with E-state index in [-0.39, 0.29) is 11.9 Å². The van der Waals surface area contributed by atoms with Crippen LogP contribution in [0.2, 0.25) is 0 Å². The lowest BCUT2D eigenvalue weighted by Crippen LogP contribution is -2.36. The minimum absolute atomic E-state index is 0.0370. The molecule has 0 aliphatic rings. The Bertz CT molecular complexity index is 1010. The average molecular weight is 425 g/mol. The molecule has 0 bridgehead atoms. The highest BCUT2D eigenvalue weighted by Crippen LogP contribution is 2.23. The molecule has 0 saturated carbocycles. The molecule has 0 aliphatic heterocycles. The van der Waals surface area contributed by atoms with Gasteiger partial charge in [-0.05, 0) is 63.1 Å². The molecule has 5 nitrogen and oxygen atoms in total. The third-order valence-electron chi connectivity index (χ3n) is 5.04. The van der Waals surface area contributed by atoms with Crippen molar-refractivity contribution in [1.29, 1.82) is 0 Å². The van der Waals surface area contributed by atoms with E-state index in [2.05, 4.69) is 24.9 Å². The third kappa shape index (κ3) is 5.19. The van der Waals surface area contributed by atoms with Crippen molar-refractivity contribution >= 4 is 17.2 Å². The Hall–Kier alpha value is -2.86. The Morgan fingerprint density at radius 1 is 1.17 bits per heavy atom. The van der Waals surface area contributed by atoms with Crippen LogP contribution in [0.25, 0.3) is 0 Å². The molecular weight excluding hydrogens is 396 g/mol. The molecule has 30 heavy (non-hydrogen) atoms. The number of amides is 1. The van der Waals surface area contributed by atoms with Gasteiger partial charge in [0.05, 0.1) is 19.3 Å². The Balaban J connectivity index is 1.68. The lowest BCUT2D eigenvalue weighted by Gasteiger charge is -2.26. The molecule has 1 amide bonds. The maximum absolute atomic E-state index is 13.1. The molecule has 3 aromatic rings. The van der Waals surface area contributed by atoms with Gasteiger partial charge in [-0.15, -0.1) is 11.3 Å². The second kappa shape index (κ2) is 9.76. The van der Waals surface area contributed by atoms with E-state index in [4.69, 9.17) is 9.47 Å². The minimum Gasteiger partial charge on any atom is -0.497 e. The van der Waals surface area contributed by atoms with Gasteiger partial charge in [-0.3, -0.25) is 4.79 Å². The van der Waals surface area contributed by atoms with Gasteiger partial charge in [0.1, 0.15) is 23.1 Å². The van der Waals surface area contributed by atoms with Gasteiger partial charge in [0.25, 0.3) is 5.91 Å². The molecule has 1 aromatic heterocycles. The van der Waals surface area contributed by atoms with Gasteiger partial charge < -0.3 is 14.4 Å². The number of carbonyl (C=O) groups excluding carboxylic acids is 1. The highest BCUT2D eigenvalue weighted by atomic mass is 32.1. The van der Waals surface area contributed by atoms with Gasteiger partial charge in [-0.2, -0.15) is 0 Å². The fraction of sp³-hybridized carbons (Fsp3) is 0.333. The number of aromatic nitrogens is 1. The second-order valence-electron chi connectivity index (χ2n) is 7.48. The predicted molar refractivity (Wildman–Crippen MR) is 120 cm³/mol. The summed E-state index contributed by atoms with van der Waals surface area (Å²) >= 11 is 1.55. The summed E-state index contributed by atoms with van der Waals surface area (Å²) in [6, 6.07) is 13.3. The Morgan fingerprint density at radius 2 is 1.93 bits per heavy atom. The Labute approximate surface area is 182 Å². The smallest absolute Gasteiger partial charge is 0.254 e. The molecule has 6 heteroatoms. The van der Waals surface area contributed by atoms with E-state index < -0.39 is 0 Å². The monoisotopic (exact) mass is 424 g/mol. The quantitative estimate of drug-likeness (QED) is 0.486. The highest BCUT2D eigenvalue weighted by molar-refractivity contribution is 7.09. The Kier molecular flexibility index (Phi) is 7.11. The summed E-state index contributed by atoms with van der Waals surface area (Å²) < 4.78 is 11.2. The fourth-order valence-electron chi connectivity index (χ4n) is 3.09. The summed E-state index contributed by atoms with van der Waals surface area (Å²) in [7, 11) is 1.60. The SMILES string of the molecule is COc1cccc(C(=O)N(Cc2csc(COc3cccc(C)c3C)n2)C(C)C)c1. The first-order valence-electron chi connectivity index (χ1n) is 9.96. The number of benzene rings is 2. The van der Waals surface area contributed by atoms with E-state index in [0.717, 1.165) is 22.0 Å². The number of aryl methyl sites for hydroxylation is 1. The summed E-state index contributed by atoms with van der Waals surface area (Å²) in [6.07, 6.45) is 0. The van der Waals surface area contributed by atoms with E-state index in [1.54, 1.807) is 24.5 Å². The van der Waals surface area contributed by atoms with Crippen molar-refractivity contribution in [2.24, 2.45) is 0 Å². The number of hydrogen-bond donors (Lipinski definition) is 0. The van der Waals surface area contributed by atoms with Crippen LogP contribution in [0.3, 0.4) is 0 Å². The van der Waals surface area contributed by atoms with Crippen LogP contribution in [0, 0.1) is 13.8 Å². The molecule has 0 saturated heterocycles. The zero-order valence-electron chi connectivity index (χ0n) is 18.1. The van der Waals surface area contributed by atoms with Crippen LogP contribution in [-0.4, -0.2) is 28.9 Å². The van der Waals surface area contributed by atoms with Crippen molar-refractivity contribution in [3.05, 3.63) is 75.2 Å². The zero-order valence-corrected chi connectivity index (χ0v) is 19.0. The number of methoxy groups -OCH3 is 1. The van der Waals surface area contributed by atoms with Gasteiger partial charge in [-0.1, -0.05) is 18.2 Å². The summed E-state index contributed by atoms with van der Waals surface area (Å²) in [5, 5.41) is 2.89. The van der Waals surface area contributed by atoms with Crippen LogP contribution >= 0.6 is 11.3 Å². The number of ether oxygens (including phenoxy) is 2. The molecule has 1 heterocycles. The molecular formula is C24H28N2O3S. The van der Waals surface area contributed by atoms with E-state index >= 15 is 0 Å². The number of hydrogen-bond acceptors (Lipinski definition) is 5. The van der Waals surface area contributed by atoms with Crippen molar-refractivity contribution in [3.8, 4) is 11.5 Å². The van der Waals surface area contributed by atoms with Gasteiger partial charge in [0.15, 0.2) is 0 Å². The largest absolute Gasteiger partial charge is 0.497 e. The molecule has 0 fully saturated rings. The topological polar surface area (TPSA) is 51.7 Å². The van der Waals surface area contributed by atoms with E-state index in [1.165, 1.54) is 5.56 Å². The van der Waals surface area contributed by atoms with Gasteiger partial charge in [-0.25, -0.2) is 4.98 Å². The molecule has 0 spiro atoms. The van der Waals surface area contributed by atoms with Crippen LogP contribution in [0.4, 0.5) is 0 Å². The molecule has 0 radical (unpaired) electrons. The molecule has 0 unspecified atom stereocenters. The van der Waals surface area contributed by atoms with Crippen LogP contribution in [-0.2, 0) is 13.2 Å². The van der Waals surface area contributed by atoms with Gasteiger partial charge in [0.2, 0.25) is 0 Å². The molecule has 0 atom stereocenters.